The van der Waals surface area contributed by atoms with E-state index in [2.05, 4.69) is 26.7 Å². The molecule has 2 aromatic carbocycles. The van der Waals surface area contributed by atoms with Crippen LogP contribution in [0.2, 0.25) is 5.02 Å². The van der Waals surface area contributed by atoms with Crippen LogP contribution in [0, 0.1) is 11.8 Å². The molecule has 1 aliphatic rings. The lowest BCUT2D eigenvalue weighted by Crippen LogP contribution is -2.18. The third kappa shape index (κ3) is 4.23. The molecule has 0 aliphatic carbocycles. The summed E-state index contributed by atoms with van der Waals surface area (Å²) in [5.41, 5.74) is 5.39. The Bertz CT molecular complexity index is 1230. The van der Waals surface area contributed by atoms with Crippen molar-refractivity contribution < 1.29 is 4.42 Å². The van der Waals surface area contributed by atoms with E-state index in [4.69, 9.17) is 16.0 Å². The Labute approximate surface area is 180 Å². The standard InChI is InChI=1S/C25H20ClN3O/c26-21-8-5-19(6-9-21)20-7-11-22(27-16-20)10-3-18-4-12-24-23(15-18)28-25(30-24)17-29-13-1-2-14-29/h4-9,11-12,15-16H,1-2,13-14,17H2. The van der Waals surface area contributed by atoms with E-state index in [1.54, 1.807) is 0 Å². The van der Waals surface area contributed by atoms with E-state index >= 15 is 0 Å². The Kier molecular flexibility index (Phi) is 5.23. The highest BCUT2D eigenvalue weighted by molar-refractivity contribution is 6.30. The first-order valence-electron chi connectivity index (χ1n) is 10.1. The van der Waals surface area contributed by atoms with E-state index in [-0.39, 0.29) is 0 Å². The maximum absolute atomic E-state index is 5.95. The summed E-state index contributed by atoms with van der Waals surface area (Å²) in [6, 6.07) is 17.5. The van der Waals surface area contributed by atoms with Gasteiger partial charge in [-0.05, 0) is 73.8 Å². The molecule has 4 aromatic rings. The van der Waals surface area contributed by atoms with E-state index in [1.807, 2.05) is 60.8 Å². The molecule has 0 spiro atoms. The van der Waals surface area contributed by atoms with Crippen LogP contribution in [0.1, 0.15) is 30.0 Å². The molecular formula is C25H20ClN3O. The molecule has 0 bridgehead atoms. The Hall–Kier alpha value is -3.13. The SMILES string of the molecule is Clc1ccc(-c2ccc(C#Cc3ccc4oc(CN5CCCC5)nc4c3)nc2)cc1. The molecule has 0 amide bonds. The fraction of sp³-hybridized carbons (Fsp3) is 0.200. The van der Waals surface area contributed by atoms with Crippen molar-refractivity contribution in [3.8, 4) is 23.0 Å². The second-order valence-electron chi connectivity index (χ2n) is 7.46. The van der Waals surface area contributed by atoms with Gasteiger partial charge in [0.25, 0.3) is 0 Å². The largest absolute Gasteiger partial charge is 0.439 e. The molecule has 5 heteroatoms. The number of fused-ring (bicyclic) bond motifs is 1. The minimum absolute atomic E-state index is 0.724. The summed E-state index contributed by atoms with van der Waals surface area (Å²) in [4.78, 5) is 11.5. The normalized spacial score (nSPS) is 14.0. The van der Waals surface area contributed by atoms with Gasteiger partial charge in [-0.1, -0.05) is 35.7 Å². The zero-order valence-corrected chi connectivity index (χ0v) is 17.2. The van der Waals surface area contributed by atoms with Crippen molar-refractivity contribution >= 4 is 22.7 Å². The average molecular weight is 414 g/mol. The third-order valence-corrected chi connectivity index (χ3v) is 5.52. The van der Waals surface area contributed by atoms with E-state index < -0.39 is 0 Å². The van der Waals surface area contributed by atoms with Crippen LogP contribution >= 0.6 is 11.6 Å². The van der Waals surface area contributed by atoms with E-state index in [0.29, 0.717) is 0 Å². The number of nitrogens with zero attached hydrogens (tertiary/aromatic N) is 3. The minimum atomic E-state index is 0.724. The maximum atomic E-state index is 5.95. The maximum Gasteiger partial charge on any atom is 0.209 e. The Morgan fingerprint density at radius 1 is 0.933 bits per heavy atom. The first-order chi connectivity index (χ1) is 14.7. The van der Waals surface area contributed by atoms with Crippen molar-refractivity contribution in [1.82, 2.24) is 14.9 Å². The predicted molar refractivity (Wildman–Crippen MR) is 119 cm³/mol. The summed E-state index contributed by atoms with van der Waals surface area (Å²) in [7, 11) is 0. The number of aromatic nitrogens is 2. The highest BCUT2D eigenvalue weighted by Crippen LogP contribution is 2.21. The number of rotatable bonds is 3. The first-order valence-corrected chi connectivity index (χ1v) is 10.5. The molecular weight excluding hydrogens is 394 g/mol. The molecule has 0 saturated carbocycles. The van der Waals surface area contributed by atoms with Gasteiger partial charge in [0, 0.05) is 22.3 Å². The number of hydrogen-bond donors (Lipinski definition) is 0. The predicted octanol–water partition coefficient (Wildman–Crippen LogP) is 5.54. The van der Waals surface area contributed by atoms with E-state index in [1.165, 1.54) is 12.8 Å². The summed E-state index contributed by atoms with van der Waals surface area (Å²) < 4.78 is 5.89. The zero-order valence-electron chi connectivity index (χ0n) is 16.4. The Balaban J connectivity index is 1.32. The second kappa shape index (κ2) is 8.31. The molecule has 148 valence electrons. The van der Waals surface area contributed by atoms with Gasteiger partial charge in [0.05, 0.1) is 6.54 Å². The molecule has 1 saturated heterocycles. The number of hydrogen-bond acceptors (Lipinski definition) is 4. The van der Waals surface area contributed by atoms with Gasteiger partial charge in [-0.15, -0.1) is 0 Å². The number of likely N-dealkylation sites (tertiary alicyclic amines) is 1. The summed E-state index contributed by atoms with van der Waals surface area (Å²) in [5, 5.41) is 0.724. The van der Waals surface area contributed by atoms with Crippen LogP contribution in [0.4, 0.5) is 0 Å². The van der Waals surface area contributed by atoms with Crippen LogP contribution in [0.3, 0.4) is 0 Å². The lowest BCUT2D eigenvalue weighted by Gasteiger charge is -2.10. The van der Waals surface area contributed by atoms with Crippen molar-refractivity contribution in [2.24, 2.45) is 0 Å². The van der Waals surface area contributed by atoms with Gasteiger partial charge in [-0.3, -0.25) is 4.90 Å². The summed E-state index contributed by atoms with van der Waals surface area (Å²) >= 11 is 5.95. The smallest absolute Gasteiger partial charge is 0.209 e. The van der Waals surface area contributed by atoms with Crippen LogP contribution < -0.4 is 0 Å². The highest BCUT2D eigenvalue weighted by Gasteiger charge is 2.15. The summed E-state index contributed by atoms with van der Waals surface area (Å²) in [5.74, 6) is 7.08. The topological polar surface area (TPSA) is 42.2 Å². The molecule has 1 aliphatic heterocycles. The van der Waals surface area contributed by atoms with Crippen LogP contribution in [0.25, 0.3) is 22.2 Å². The zero-order chi connectivity index (χ0) is 20.3. The van der Waals surface area contributed by atoms with Crippen LogP contribution in [-0.2, 0) is 6.54 Å². The fourth-order valence-corrected chi connectivity index (χ4v) is 3.80. The quantitative estimate of drug-likeness (QED) is 0.413. The van der Waals surface area contributed by atoms with E-state index in [9.17, 15) is 0 Å². The molecule has 2 aromatic heterocycles. The van der Waals surface area contributed by atoms with Gasteiger partial charge in [0.2, 0.25) is 5.89 Å². The van der Waals surface area contributed by atoms with Gasteiger partial charge in [-0.25, -0.2) is 9.97 Å². The number of benzene rings is 2. The lowest BCUT2D eigenvalue weighted by atomic mass is 10.1. The van der Waals surface area contributed by atoms with Gasteiger partial charge >= 0.3 is 0 Å². The Morgan fingerprint density at radius 3 is 2.50 bits per heavy atom. The van der Waals surface area contributed by atoms with Gasteiger partial charge in [0.1, 0.15) is 11.2 Å². The molecule has 0 radical (unpaired) electrons. The van der Waals surface area contributed by atoms with Crippen molar-refractivity contribution in [2.45, 2.75) is 19.4 Å². The summed E-state index contributed by atoms with van der Waals surface area (Å²) in [6.45, 7) is 3.03. The summed E-state index contributed by atoms with van der Waals surface area (Å²) in [6.07, 6.45) is 4.35. The molecule has 0 unspecified atom stereocenters. The number of halogens is 1. The van der Waals surface area contributed by atoms with E-state index in [0.717, 1.165) is 64.0 Å². The van der Waals surface area contributed by atoms with Crippen molar-refractivity contribution in [3.63, 3.8) is 0 Å². The van der Waals surface area contributed by atoms with Gasteiger partial charge in [0.15, 0.2) is 5.58 Å². The molecule has 4 nitrogen and oxygen atoms in total. The molecule has 0 atom stereocenters. The first kappa shape index (κ1) is 18.9. The van der Waals surface area contributed by atoms with Gasteiger partial charge in [-0.2, -0.15) is 0 Å². The Morgan fingerprint density at radius 2 is 1.73 bits per heavy atom. The molecule has 1 fully saturated rings. The third-order valence-electron chi connectivity index (χ3n) is 5.27. The lowest BCUT2D eigenvalue weighted by molar-refractivity contribution is 0.295. The average Bonchev–Trinajstić information content (AvgIpc) is 3.42. The van der Waals surface area contributed by atoms with Crippen LogP contribution in [-0.4, -0.2) is 28.0 Å². The molecule has 0 N–H and O–H groups in total. The molecule has 30 heavy (non-hydrogen) atoms. The fourth-order valence-electron chi connectivity index (χ4n) is 3.67. The minimum Gasteiger partial charge on any atom is -0.439 e. The van der Waals surface area contributed by atoms with Crippen LogP contribution in [0.5, 0.6) is 0 Å². The van der Waals surface area contributed by atoms with Crippen molar-refractivity contribution in [2.75, 3.05) is 13.1 Å². The number of oxazole rings is 1. The molecule has 5 rings (SSSR count). The molecule has 3 heterocycles. The highest BCUT2D eigenvalue weighted by atomic mass is 35.5. The van der Waals surface area contributed by atoms with Crippen LogP contribution in [0.15, 0.2) is 65.2 Å². The van der Waals surface area contributed by atoms with Gasteiger partial charge < -0.3 is 4.42 Å². The monoisotopic (exact) mass is 413 g/mol. The second-order valence-corrected chi connectivity index (χ2v) is 7.90. The van der Waals surface area contributed by atoms with Crippen molar-refractivity contribution in [3.05, 3.63) is 83.0 Å². The van der Waals surface area contributed by atoms with Crippen molar-refractivity contribution in [1.29, 1.82) is 0 Å². The number of pyridine rings is 1.